The summed E-state index contributed by atoms with van der Waals surface area (Å²) in [5.74, 6) is 0.212. The van der Waals surface area contributed by atoms with Crippen LogP contribution in [0, 0.1) is 0 Å². The lowest BCUT2D eigenvalue weighted by Crippen LogP contribution is -2.31. The topological polar surface area (TPSA) is 51.0 Å². The second kappa shape index (κ2) is 5.52. The van der Waals surface area contributed by atoms with Gasteiger partial charge in [0.2, 0.25) is 5.91 Å². The number of rotatable bonds is 4. The molecular weight excluding hydrogens is 260 g/mol. The van der Waals surface area contributed by atoms with Crippen LogP contribution in [0.3, 0.4) is 0 Å². The van der Waals surface area contributed by atoms with E-state index >= 15 is 0 Å². The van der Waals surface area contributed by atoms with E-state index in [4.69, 9.17) is 0 Å². The Morgan fingerprint density at radius 2 is 2.47 bits per heavy atom. The summed E-state index contributed by atoms with van der Waals surface area (Å²) in [4.78, 5) is 18.2. The molecular formula is C13H16N4OS. The predicted octanol–water partition coefficient (Wildman–Crippen LogP) is 2.09. The zero-order valence-electron chi connectivity index (χ0n) is 10.6. The van der Waals surface area contributed by atoms with Crippen LogP contribution in [0.5, 0.6) is 0 Å². The fourth-order valence-electron chi connectivity index (χ4n) is 2.58. The van der Waals surface area contributed by atoms with Crippen molar-refractivity contribution < 1.29 is 4.79 Å². The maximum atomic E-state index is 12.3. The fourth-order valence-corrected chi connectivity index (χ4v) is 3.29. The standard InChI is InChI=1S/C13H16N4OS/c18-13(3-6-16-10-14-9-15-16)17-5-1-2-12(17)11-4-7-19-8-11/h4,7-10,12H,1-3,5-6H2/t12-/m1/s1. The Morgan fingerprint density at radius 1 is 1.53 bits per heavy atom. The number of likely N-dealkylation sites (tertiary alicyclic amines) is 1. The summed E-state index contributed by atoms with van der Waals surface area (Å²) in [6, 6.07) is 2.40. The van der Waals surface area contributed by atoms with Crippen molar-refractivity contribution in [3.63, 3.8) is 0 Å². The highest BCUT2D eigenvalue weighted by atomic mass is 32.1. The summed E-state index contributed by atoms with van der Waals surface area (Å²) in [6.07, 6.45) is 5.80. The third-order valence-corrected chi connectivity index (χ3v) is 4.22. The Labute approximate surface area is 115 Å². The predicted molar refractivity (Wildman–Crippen MR) is 72.6 cm³/mol. The van der Waals surface area contributed by atoms with Crippen LogP contribution in [0.2, 0.25) is 0 Å². The quantitative estimate of drug-likeness (QED) is 0.859. The first-order valence-corrected chi connectivity index (χ1v) is 7.43. The van der Waals surface area contributed by atoms with Crippen LogP contribution in [0.15, 0.2) is 29.5 Å². The van der Waals surface area contributed by atoms with Gasteiger partial charge in [0.15, 0.2) is 0 Å². The number of carbonyl (C=O) groups is 1. The smallest absolute Gasteiger partial charge is 0.224 e. The highest BCUT2D eigenvalue weighted by Crippen LogP contribution is 2.33. The molecule has 19 heavy (non-hydrogen) atoms. The van der Waals surface area contributed by atoms with Crippen LogP contribution >= 0.6 is 11.3 Å². The van der Waals surface area contributed by atoms with Crippen LogP contribution in [0.1, 0.15) is 30.9 Å². The van der Waals surface area contributed by atoms with Crippen LogP contribution in [-0.4, -0.2) is 32.1 Å². The normalized spacial score (nSPS) is 18.9. The molecule has 1 atom stereocenters. The lowest BCUT2D eigenvalue weighted by molar-refractivity contribution is -0.132. The number of aryl methyl sites for hydroxylation is 1. The molecule has 3 heterocycles. The summed E-state index contributed by atoms with van der Waals surface area (Å²) in [5, 5.41) is 8.24. The van der Waals surface area contributed by atoms with Crippen molar-refractivity contribution in [1.82, 2.24) is 19.7 Å². The molecule has 2 aromatic heterocycles. The van der Waals surface area contributed by atoms with E-state index in [1.165, 1.54) is 11.9 Å². The summed E-state index contributed by atoms with van der Waals surface area (Å²) in [6.45, 7) is 1.47. The lowest BCUT2D eigenvalue weighted by Gasteiger charge is -2.24. The molecule has 0 aromatic carbocycles. The van der Waals surface area contributed by atoms with Gasteiger partial charge in [0.25, 0.3) is 0 Å². The molecule has 1 amide bonds. The fraction of sp³-hybridized carbons (Fsp3) is 0.462. The zero-order chi connectivity index (χ0) is 13.1. The molecule has 0 saturated carbocycles. The Hall–Kier alpha value is -1.69. The van der Waals surface area contributed by atoms with Crippen LogP contribution in [0.4, 0.5) is 0 Å². The third kappa shape index (κ3) is 2.68. The SMILES string of the molecule is O=C(CCn1cncn1)N1CCC[C@@H]1c1ccsc1. The van der Waals surface area contributed by atoms with Crippen LogP contribution < -0.4 is 0 Å². The molecule has 0 aliphatic carbocycles. The average Bonchev–Trinajstić information content (AvgIpc) is 3.14. The Morgan fingerprint density at radius 3 is 3.21 bits per heavy atom. The van der Waals surface area contributed by atoms with Crippen molar-refractivity contribution in [3.05, 3.63) is 35.0 Å². The number of nitrogens with zero attached hydrogens (tertiary/aromatic N) is 4. The van der Waals surface area contributed by atoms with Gasteiger partial charge < -0.3 is 4.90 Å². The molecule has 0 bridgehead atoms. The minimum Gasteiger partial charge on any atom is -0.336 e. The van der Waals surface area contributed by atoms with Gasteiger partial charge in [0.05, 0.1) is 12.6 Å². The van der Waals surface area contributed by atoms with E-state index in [1.54, 1.807) is 22.3 Å². The average molecular weight is 276 g/mol. The maximum Gasteiger partial charge on any atom is 0.224 e. The molecule has 2 aromatic rings. The van der Waals surface area contributed by atoms with Crippen molar-refractivity contribution in [1.29, 1.82) is 0 Å². The third-order valence-electron chi connectivity index (χ3n) is 3.52. The summed E-state index contributed by atoms with van der Waals surface area (Å²) in [7, 11) is 0. The van der Waals surface area contributed by atoms with Crippen molar-refractivity contribution in [2.75, 3.05) is 6.54 Å². The van der Waals surface area contributed by atoms with Gasteiger partial charge in [-0.1, -0.05) is 0 Å². The van der Waals surface area contributed by atoms with Gasteiger partial charge in [0, 0.05) is 13.0 Å². The van der Waals surface area contributed by atoms with E-state index in [0.717, 1.165) is 19.4 Å². The Kier molecular flexibility index (Phi) is 3.59. The number of hydrogen-bond acceptors (Lipinski definition) is 4. The summed E-state index contributed by atoms with van der Waals surface area (Å²) < 4.78 is 1.70. The summed E-state index contributed by atoms with van der Waals surface area (Å²) >= 11 is 1.69. The van der Waals surface area contributed by atoms with Gasteiger partial charge in [0.1, 0.15) is 12.7 Å². The van der Waals surface area contributed by atoms with E-state index in [1.807, 2.05) is 4.90 Å². The second-order valence-corrected chi connectivity index (χ2v) is 5.49. The van der Waals surface area contributed by atoms with Gasteiger partial charge in [-0.25, -0.2) is 4.98 Å². The van der Waals surface area contributed by atoms with E-state index in [-0.39, 0.29) is 11.9 Å². The Balaban J connectivity index is 1.62. The van der Waals surface area contributed by atoms with Gasteiger partial charge in [-0.3, -0.25) is 9.48 Å². The minimum absolute atomic E-state index is 0.212. The number of hydrogen-bond donors (Lipinski definition) is 0. The van der Waals surface area contributed by atoms with Crippen molar-refractivity contribution in [2.24, 2.45) is 0 Å². The number of aromatic nitrogens is 3. The largest absolute Gasteiger partial charge is 0.336 e. The number of amides is 1. The molecule has 6 heteroatoms. The van der Waals surface area contributed by atoms with Gasteiger partial charge in [-0.05, 0) is 35.2 Å². The van der Waals surface area contributed by atoms with Gasteiger partial charge in [-0.2, -0.15) is 16.4 Å². The highest BCUT2D eigenvalue weighted by molar-refractivity contribution is 7.07. The molecule has 1 fully saturated rings. The van der Waals surface area contributed by atoms with Gasteiger partial charge in [-0.15, -0.1) is 0 Å². The molecule has 1 saturated heterocycles. The molecule has 1 aliphatic heterocycles. The molecule has 5 nitrogen and oxygen atoms in total. The van der Waals surface area contributed by atoms with E-state index in [9.17, 15) is 4.79 Å². The molecule has 0 unspecified atom stereocenters. The van der Waals surface area contributed by atoms with Crippen LogP contribution in [0.25, 0.3) is 0 Å². The van der Waals surface area contributed by atoms with Crippen molar-refractivity contribution in [2.45, 2.75) is 31.8 Å². The molecule has 0 radical (unpaired) electrons. The van der Waals surface area contributed by atoms with Crippen molar-refractivity contribution >= 4 is 17.2 Å². The lowest BCUT2D eigenvalue weighted by atomic mass is 10.1. The molecule has 100 valence electrons. The van der Waals surface area contributed by atoms with Crippen LogP contribution in [-0.2, 0) is 11.3 Å². The highest BCUT2D eigenvalue weighted by Gasteiger charge is 2.29. The number of carbonyl (C=O) groups excluding carboxylic acids is 1. The van der Waals surface area contributed by atoms with Gasteiger partial charge >= 0.3 is 0 Å². The van der Waals surface area contributed by atoms with Crippen molar-refractivity contribution in [3.8, 4) is 0 Å². The first-order valence-electron chi connectivity index (χ1n) is 6.48. The minimum atomic E-state index is 0.212. The first kappa shape index (κ1) is 12.3. The van der Waals surface area contributed by atoms with E-state index in [2.05, 4.69) is 26.9 Å². The van der Waals surface area contributed by atoms with E-state index in [0.29, 0.717) is 13.0 Å². The zero-order valence-corrected chi connectivity index (χ0v) is 11.4. The molecule has 1 aliphatic rings. The molecule has 3 rings (SSSR count). The second-order valence-electron chi connectivity index (χ2n) is 4.71. The van der Waals surface area contributed by atoms with E-state index < -0.39 is 0 Å². The maximum absolute atomic E-state index is 12.3. The monoisotopic (exact) mass is 276 g/mol. The summed E-state index contributed by atoms with van der Waals surface area (Å²) in [5.41, 5.74) is 1.27. The Bertz CT molecular complexity index is 523. The number of thiophene rings is 1. The molecule has 0 spiro atoms. The first-order chi connectivity index (χ1) is 9.34. The molecule has 0 N–H and O–H groups in total.